The van der Waals surface area contributed by atoms with Crippen LogP contribution in [0.25, 0.3) is 0 Å². The highest BCUT2D eigenvalue weighted by atomic mass is 16.5. The van der Waals surface area contributed by atoms with Gasteiger partial charge in [-0.25, -0.2) is 0 Å². The number of methoxy groups -OCH3 is 1. The first kappa shape index (κ1) is 24.3. The summed E-state index contributed by atoms with van der Waals surface area (Å²) in [7, 11) is 1.59. The molecule has 1 aromatic carbocycles. The zero-order chi connectivity index (χ0) is 20.6. The number of carbonyl (C=O) groups excluding carboxylic acids is 1. The van der Waals surface area contributed by atoms with E-state index in [0.717, 1.165) is 24.8 Å². The van der Waals surface area contributed by atoms with Gasteiger partial charge in [0.2, 0.25) is 5.91 Å². The van der Waals surface area contributed by atoms with E-state index in [4.69, 9.17) is 20.9 Å². The molecule has 0 spiro atoms. The minimum absolute atomic E-state index is 0.284. The molecule has 0 aliphatic rings. The first-order chi connectivity index (χ1) is 13.6. The van der Waals surface area contributed by atoms with Crippen LogP contribution in [-0.4, -0.2) is 26.2 Å². The van der Waals surface area contributed by atoms with Crippen LogP contribution in [0.5, 0.6) is 11.5 Å². The van der Waals surface area contributed by atoms with Crippen LogP contribution in [0.2, 0.25) is 0 Å². The van der Waals surface area contributed by atoms with Crippen molar-refractivity contribution in [3.8, 4) is 11.5 Å². The van der Waals surface area contributed by atoms with E-state index >= 15 is 0 Å². The van der Waals surface area contributed by atoms with E-state index in [1.165, 1.54) is 51.4 Å². The summed E-state index contributed by atoms with van der Waals surface area (Å²) in [5.41, 5.74) is 12.0. The van der Waals surface area contributed by atoms with E-state index in [1.807, 2.05) is 18.2 Å². The molecular weight excluding hydrogens is 352 g/mol. The van der Waals surface area contributed by atoms with Crippen LogP contribution >= 0.6 is 0 Å². The lowest BCUT2D eigenvalue weighted by molar-refractivity contribution is -0.119. The van der Waals surface area contributed by atoms with E-state index in [-0.39, 0.29) is 11.8 Å². The van der Waals surface area contributed by atoms with E-state index in [1.54, 1.807) is 7.11 Å². The van der Waals surface area contributed by atoms with Gasteiger partial charge in [-0.15, -0.1) is 0 Å². The fraction of sp³-hybridized carbons (Fsp3) is 0.696. The molecule has 5 heteroatoms. The van der Waals surface area contributed by atoms with Crippen molar-refractivity contribution < 1.29 is 14.3 Å². The van der Waals surface area contributed by atoms with Crippen molar-refractivity contribution in [1.29, 1.82) is 0 Å². The van der Waals surface area contributed by atoms with Crippen LogP contribution in [0.4, 0.5) is 0 Å². The Balaban J connectivity index is 2.41. The maximum Gasteiger partial charge on any atom is 0.224 e. The minimum atomic E-state index is -0.286. The van der Waals surface area contributed by atoms with Gasteiger partial charge >= 0.3 is 0 Å². The van der Waals surface area contributed by atoms with Crippen LogP contribution in [-0.2, 0) is 4.79 Å². The molecule has 0 aliphatic carbocycles. The number of rotatable bonds is 17. The molecule has 0 heterocycles. The molecule has 4 N–H and O–H groups in total. The van der Waals surface area contributed by atoms with Gasteiger partial charge in [0.1, 0.15) is 6.61 Å². The summed E-state index contributed by atoms with van der Waals surface area (Å²) in [6.45, 7) is 3.11. The number of hydrogen-bond donors (Lipinski definition) is 2. The monoisotopic (exact) mass is 392 g/mol. The lowest BCUT2D eigenvalue weighted by Crippen LogP contribution is -2.21. The second kappa shape index (κ2) is 15.2. The molecule has 0 radical (unpaired) electrons. The third-order valence-electron chi connectivity index (χ3n) is 5.16. The highest BCUT2D eigenvalue weighted by Gasteiger charge is 2.19. The van der Waals surface area contributed by atoms with Crippen LogP contribution in [0.15, 0.2) is 18.2 Å². The Hall–Kier alpha value is -1.75. The van der Waals surface area contributed by atoms with E-state index in [0.29, 0.717) is 24.7 Å². The normalized spacial score (nSPS) is 12.0. The van der Waals surface area contributed by atoms with Gasteiger partial charge in [-0.05, 0) is 24.1 Å². The number of ether oxygens (including phenoxy) is 2. The molecule has 1 aromatic rings. The molecule has 0 saturated heterocycles. The fourth-order valence-corrected chi connectivity index (χ4v) is 3.50. The SMILES string of the molecule is CCCCCCCCCCCCC(C(N)=O)c1ccc(OCCN)c(OC)c1. The van der Waals surface area contributed by atoms with E-state index < -0.39 is 0 Å². The molecule has 1 amide bonds. The van der Waals surface area contributed by atoms with Gasteiger partial charge in [-0.2, -0.15) is 0 Å². The summed E-state index contributed by atoms with van der Waals surface area (Å²) >= 11 is 0. The third-order valence-corrected chi connectivity index (χ3v) is 5.16. The first-order valence-electron chi connectivity index (χ1n) is 10.9. The lowest BCUT2D eigenvalue weighted by Gasteiger charge is -2.17. The summed E-state index contributed by atoms with van der Waals surface area (Å²) in [5, 5.41) is 0. The van der Waals surface area contributed by atoms with Gasteiger partial charge < -0.3 is 20.9 Å². The van der Waals surface area contributed by atoms with Gasteiger partial charge in [0.15, 0.2) is 11.5 Å². The highest BCUT2D eigenvalue weighted by molar-refractivity contribution is 5.82. The molecule has 5 nitrogen and oxygen atoms in total. The molecule has 0 aromatic heterocycles. The maximum atomic E-state index is 12.0. The predicted molar refractivity (Wildman–Crippen MR) is 116 cm³/mol. The largest absolute Gasteiger partial charge is 0.493 e. The topological polar surface area (TPSA) is 87.6 Å². The number of benzene rings is 1. The Morgan fingerprint density at radius 3 is 2.11 bits per heavy atom. The Morgan fingerprint density at radius 2 is 1.57 bits per heavy atom. The molecule has 160 valence electrons. The number of unbranched alkanes of at least 4 members (excludes halogenated alkanes) is 9. The Bertz CT molecular complexity index is 549. The number of amides is 1. The second-order valence-corrected chi connectivity index (χ2v) is 7.47. The van der Waals surface area contributed by atoms with E-state index in [2.05, 4.69) is 6.92 Å². The number of carbonyl (C=O) groups is 1. The second-order valence-electron chi connectivity index (χ2n) is 7.47. The van der Waals surface area contributed by atoms with Crippen molar-refractivity contribution in [3.63, 3.8) is 0 Å². The molecule has 0 fully saturated rings. The average Bonchev–Trinajstić information content (AvgIpc) is 2.70. The van der Waals surface area contributed by atoms with Gasteiger partial charge in [-0.3, -0.25) is 4.79 Å². The average molecular weight is 393 g/mol. The number of hydrogen-bond acceptors (Lipinski definition) is 4. The highest BCUT2D eigenvalue weighted by Crippen LogP contribution is 2.32. The summed E-state index contributed by atoms with van der Waals surface area (Å²) in [5.74, 6) is 0.680. The standard InChI is InChI=1S/C23H40N2O3/c1-3-4-5-6-7-8-9-10-11-12-13-20(23(25)26)19-14-15-21(28-17-16-24)22(18-19)27-2/h14-15,18,20H,3-13,16-17,24H2,1-2H3,(H2,25,26). The van der Waals surface area contributed by atoms with Crippen LogP contribution in [0.1, 0.15) is 89.0 Å². The summed E-state index contributed by atoms with van der Waals surface area (Å²) < 4.78 is 11.0. The van der Waals surface area contributed by atoms with Crippen molar-refractivity contribution in [2.75, 3.05) is 20.3 Å². The van der Waals surface area contributed by atoms with Crippen molar-refractivity contribution in [2.24, 2.45) is 11.5 Å². The molecular formula is C23H40N2O3. The molecule has 1 rings (SSSR count). The number of primary amides is 1. The van der Waals surface area contributed by atoms with Gasteiger partial charge in [-0.1, -0.05) is 77.2 Å². The van der Waals surface area contributed by atoms with Crippen LogP contribution < -0.4 is 20.9 Å². The van der Waals surface area contributed by atoms with Gasteiger partial charge in [0.05, 0.1) is 13.0 Å². The smallest absolute Gasteiger partial charge is 0.224 e. The van der Waals surface area contributed by atoms with Crippen molar-refractivity contribution in [2.45, 2.75) is 83.5 Å². The van der Waals surface area contributed by atoms with Crippen molar-refractivity contribution >= 4 is 5.91 Å². The summed E-state index contributed by atoms with van der Waals surface area (Å²) in [6.07, 6.45) is 13.5. The summed E-state index contributed by atoms with van der Waals surface area (Å²) in [6, 6.07) is 5.59. The Labute approximate surface area is 171 Å². The molecule has 1 atom stereocenters. The maximum absolute atomic E-state index is 12.0. The molecule has 28 heavy (non-hydrogen) atoms. The Kier molecular flexibility index (Phi) is 13.2. The van der Waals surface area contributed by atoms with Gasteiger partial charge in [0, 0.05) is 6.54 Å². The van der Waals surface area contributed by atoms with Crippen molar-refractivity contribution in [3.05, 3.63) is 23.8 Å². The Morgan fingerprint density at radius 1 is 0.964 bits per heavy atom. The molecule has 0 bridgehead atoms. The minimum Gasteiger partial charge on any atom is -0.493 e. The fourth-order valence-electron chi connectivity index (χ4n) is 3.50. The number of nitrogens with two attached hydrogens (primary N) is 2. The third kappa shape index (κ3) is 9.45. The first-order valence-corrected chi connectivity index (χ1v) is 10.9. The van der Waals surface area contributed by atoms with Crippen molar-refractivity contribution in [1.82, 2.24) is 0 Å². The lowest BCUT2D eigenvalue weighted by atomic mass is 9.92. The van der Waals surface area contributed by atoms with Crippen LogP contribution in [0.3, 0.4) is 0 Å². The van der Waals surface area contributed by atoms with Gasteiger partial charge in [0.25, 0.3) is 0 Å². The molecule has 0 saturated carbocycles. The summed E-state index contributed by atoms with van der Waals surface area (Å²) in [4.78, 5) is 12.0. The molecule has 0 aliphatic heterocycles. The molecule has 1 unspecified atom stereocenters. The quantitative estimate of drug-likeness (QED) is 0.369. The zero-order valence-electron chi connectivity index (χ0n) is 17.9. The van der Waals surface area contributed by atoms with Crippen LogP contribution in [0, 0.1) is 0 Å². The van der Waals surface area contributed by atoms with E-state index in [9.17, 15) is 4.79 Å². The zero-order valence-corrected chi connectivity index (χ0v) is 17.9. The predicted octanol–water partition coefficient (Wildman–Crippen LogP) is 4.91.